The molecule has 4 atom stereocenters. The molecular formula is C23H28FN3O4. The molecule has 8 heteroatoms. The summed E-state index contributed by atoms with van der Waals surface area (Å²) in [6.07, 6.45) is 0. The van der Waals surface area contributed by atoms with Crippen LogP contribution in [-0.4, -0.2) is 38.2 Å². The van der Waals surface area contributed by atoms with E-state index in [4.69, 9.17) is 20.9 Å². The number of amides is 2. The summed E-state index contributed by atoms with van der Waals surface area (Å²) in [6.45, 7) is 2.92. The molecule has 7 nitrogen and oxygen atoms in total. The van der Waals surface area contributed by atoms with Crippen molar-refractivity contribution >= 4 is 11.8 Å². The van der Waals surface area contributed by atoms with Crippen LogP contribution >= 0.6 is 0 Å². The molecule has 0 radical (unpaired) electrons. The first-order valence-corrected chi connectivity index (χ1v) is 10.1. The zero-order valence-electron chi connectivity index (χ0n) is 17.6. The molecule has 0 spiro atoms. The van der Waals surface area contributed by atoms with Gasteiger partial charge in [-0.1, -0.05) is 31.2 Å². The Balaban J connectivity index is 1.69. The van der Waals surface area contributed by atoms with Crippen LogP contribution in [0.15, 0.2) is 42.5 Å². The number of primary amides is 1. The molecule has 1 fully saturated rings. The Hall–Kier alpha value is -2.97. The number of methoxy groups -OCH3 is 1. The van der Waals surface area contributed by atoms with Gasteiger partial charge < -0.3 is 26.3 Å². The van der Waals surface area contributed by atoms with Crippen molar-refractivity contribution in [2.45, 2.75) is 25.4 Å². The topological polar surface area (TPSA) is 117 Å². The Kier molecular flexibility index (Phi) is 7.25. The molecule has 0 aliphatic carbocycles. The number of ether oxygens (including phenoxy) is 2. The highest BCUT2D eigenvalue weighted by molar-refractivity contribution is 5.96. The third-order valence-electron chi connectivity index (χ3n) is 5.86. The number of hydrogen-bond donors (Lipinski definition) is 3. The Morgan fingerprint density at radius 3 is 2.58 bits per heavy atom. The van der Waals surface area contributed by atoms with Gasteiger partial charge in [0.2, 0.25) is 5.91 Å². The molecule has 5 N–H and O–H groups in total. The largest absolute Gasteiger partial charge is 0.496 e. The second-order valence-electron chi connectivity index (χ2n) is 7.85. The standard InChI is InChI=1S/C23H28FN3O4/c1-13(22(26)28)21-18(11-31-12-19(21)25)15-5-3-14(4-6-15)10-27-23(29)17-9-16(24)7-8-20(17)30-2/h3-9,13,18-19,21H,10-12,25H2,1-2H3,(H2,26,28)(H,27,29). The second-order valence-corrected chi connectivity index (χ2v) is 7.85. The van der Waals surface area contributed by atoms with Gasteiger partial charge in [0.25, 0.3) is 5.91 Å². The zero-order valence-corrected chi connectivity index (χ0v) is 17.6. The highest BCUT2D eigenvalue weighted by Gasteiger charge is 2.38. The third-order valence-corrected chi connectivity index (χ3v) is 5.86. The zero-order chi connectivity index (χ0) is 22.5. The lowest BCUT2D eigenvalue weighted by Crippen LogP contribution is -2.49. The highest BCUT2D eigenvalue weighted by Crippen LogP contribution is 2.36. The number of benzene rings is 2. The molecule has 2 aromatic rings. The molecular weight excluding hydrogens is 401 g/mol. The SMILES string of the molecule is COc1ccc(F)cc1C(=O)NCc1ccc(C2COCC(N)C2C(C)C(N)=O)cc1. The number of nitrogens with one attached hydrogen (secondary N) is 1. The van der Waals surface area contributed by atoms with Crippen molar-refractivity contribution in [1.82, 2.24) is 5.32 Å². The highest BCUT2D eigenvalue weighted by atomic mass is 19.1. The summed E-state index contributed by atoms with van der Waals surface area (Å²) in [4.78, 5) is 24.2. The van der Waals surface area contributed by atoms with Gasteiger partial charge >= 0.3 is 0 Å². The first-order chi connectivity index (χ1) is 14.8. The molecule has 4 unspecified atom stereocenters. The van der Waals surface area contributed by atoms with Crippen molar-refractivity contribution in [3.8, 4) is 5.75 Å². The van der Waals surface area contributed by atoms with Crippen LogP contribution in [-0.2, 0) is 16.1 Å². The van der Waals surface area contributed by atoms with E-state index < -0.39 is 11.7 Å². The van der Waals surface area contributed by atoms with E-state index in [1.165, 1.54) is 19.2 Å². The Morgan fingerprint density at radius 1 is 1.23 bits per heavy atom. The minimum absolute atomic E-state index is 0.0496. The number of carbonyl (C=O) groups is 2. The summed E-state index contributed by atoms with van der Waals surface area (Å²) in [5.74, 6) is -1.55. The number of rotatable bonds is 7. The van der Waals surface area contributed by atoms with Crippen molar-refractivity contribution in [3.05, 3.63) is 65.0 Å². The van der Waals surface area contributed by atoms with Gasteiger partial charge in [0.15, 0.2) is 0 Å². The number of carbonyl (C=O) groups excluding carboxylic acids is 2. The molecule has 1 heterocycles. The van der Waals surface area contributed by atoms with Gasteiger partial charge in [0.1, 0.15) is 11.6 Å². The van der Waals surface area contributed by atoms with E-state index in [1.54, 1.807) is 6.92 Å². The molecule has 31 heavy (non-hydrogen) atoms. The van der Waals surface area contributed by atoms with Crippen molar-refractivity contribution in [2.24, 2.45) is 23.3 Å². The summed E-state index contributed by atoms with van der Waals surface area (Å²) in [7, 11) is 1.43. The Bertz CT molecular complexity index is 935. The molecule has 3 rings (SSSR count). The molecule has 2 aromatic carbocycles. The maximum atomic E-state index is 13.5. The summed E-state index contributed by atoms with van der Waals surface area (Å²) >= 11 is 0. The van der Waals surface area contributed by atoms with Gasteiger partial charge in [-0.3, -0.25) is 9.59 Å². The van der Waals surface area contributed by atoms with E-state index in [0.29, 0.717) is 19.0 Å². The molecule has 0 aromatic heterocycles. The van der Waals surface area contributed by atoms with Crippen LogP contribution in [0.4, 0.5) is 4.39 Å². The summed E-state index contributed by atoms with van der Waals surface area (Å²) in [6, 6.07) is 11.2. The molecule has 0 bridgehead atoms. The van der Waals surface area contributed by atoms with E-state index in [1.807, 2.05) is 24.3 Å². The average Bonchev–Trinajstić information content (AvgIpc) is 2.77. The lowest BCUT2D eigenvalue weighted by Gasteiger charge is -2.39. The van der Waals surface area contributed by atoms with Gasteiger partial charge in [-0.25, -0.2) is 4.39 Å². The Labute approximate surface area is 180 Å². The van der Waals surface area contributed by atoms with Crippen molar-refractivity contribution in [1.29, 1.82) is 0 Å². The van der Waals surface area contributed by atoms with Gasteiger partial charge in [-0.2, -0.15) is 0 Å². The number of halogens is 1. The first-order valence-electron chi connectivity index (χ1n) is 10.1. The van der Waals surface area contributed by atoms with E-state index in [0.717, 1.165) is 17.2 Å². The summed E-state index contributed by atoms with van der Waals surface area (Å²) in [5.41, 5.74) is 13.8. The number of hydrogen-bond acceptors (Lipinski definition) is 5. The van der Waals surface area contributed by atoms with Gasteiger partial charge in [-0.15, -0.1) is 0 Å². The summed E-state index contributed by atoms with van der Waals surface area (Å²) < 4.78 is 24.3. The summed E-state index contributed by atoms with van der Waals surface area (Å²) in [5, 5.41) is 2.77. The quantitative estimate of drug-likeness (QED) is 0.622. The predicted octanol–water partition coefficient (Wildman–Crippen LogP) is 1.94. The smallest absolute Gasteiger partial charge is 0.255 e. The van der Waals surface area contributed by atoms with Crippen LogP contribution in [0.25, 0.3) is 0 Å². The monoisotopic (exact) mass is 429 g/mol. The molecule has 0 saturated carbocycles. The van der Waals surface area contributed by atoms with E-state index in [2.05, 4.69) is 5.32 Å². The maximum absolute atomic E-state index is 13.5. The molecule has 1 aliphatic rings. The van der Waals surface area contributed by atoms with Crippen LogP contribution in [0.1, 0.15) is 34.3 Å². The molecule has 1 saturated heterocycles. The average molecular weight is 429 g/mol. The Morgan fingerprint density at radius 2 is 1.94 bits per heavy atom. The molecule has 2 amide bonds. The predicted molar refractivity (Wildman–Crippen MR) is 114 cm³/mol. The van der Waals surface area contributed by atoms with Crippen LogP contribution in [0, 0.1) is 17.7 Å². The third kappa shape index (κ3) is 5.21. The first kappa shape index (κ1) is 22.7. The minimum Gasteiger partial charge on any atom is -0.496 e. The van der Waals surface area contributed by atoms with Gasteiger partial charge in [0, 0.05) is 24.4 Å². The fourth-order valence-electron chi connectivity index (χ4n) is 4.10. The lowest BCUT2D eigenvalue weighted by molar-refractivity contribution is -0.125. The van der Waals surface area contributed by atoms with E-state index in [-0.39, 0.29) is 41.8 Å². The van der Waals surface area contributed by atoms with Crippen LogP contribution in [0.2, 0.25) is 0 Å². The lowest BCUT2D eigenvalue weighted by atomic mass is 9.73. The second kappa shape index (κ2) is 9.89. The minimum atomic E-state index is -0.511. The fourth-order valence-corrected chi connectivity index (χ4v) is 4.10. The van der Waals surface area contributed by atoms with Crippen LogP contribution in [0.5, 0.6) is 5.75 Å². The van der Waals surface area contributed by atoms with E-state index >= 15 is 0 Å². The van der Waals surface area contributed by atoms with Crippen LogP contribution < -0.4 is 21.5 Å². The fraction of sp³-hybridized carbons (Fsp3) is 0.391. The normalized spacial score (nSPS) is 21.9. The van der Waals surface area contributed by atoms with Gasteiger partial charge in [0.05, 0.1) is 25.9 Å². The molecule has 1 aliphatic heterocycles. The molecule has 166 valence electrons. The van der Waals surface area contributed by atoms with E-state index in [9.17, 15) is 14.0 Å². The van der Waals surface area contributed by atoms with Crippen molar-refractivity contribution in [2.75, 3.05) is 20.3 Å². The van der Waals surface area contributed by atoms with Crippen molar-refractivity contribution < 1.29 is 23.5 Å². The van der Waals surface area contributed by atoms with Gasteiger partial charge in [-0.05, 0) is 35.2 Å². The number of nitrogens with two attached hydrogens (primary N) is 2. The van der Waals surface area contributed by atoms with Crippen LogP contribution in [0.3, 0.4) is 0 Å². The maximum Gasteiger partial charge on any atom is 0.255 e. The van der Waals surface area contributed by atoms with Crippen molar-refractivity contribution in [3.63, 3.8) is 0 Å².